The van der Waals surface area contributed by atoms with Crippen LogP contribution in [0.25, 0.3) is 0 Å². The third-order valence-electron chi connectivity index (χ3n) is 4.01. The van der Waals surface area contributed by atoms with Crippen LogP contribution in [-0.4, -0.2) is 50.2 Å². The molecular weight excluding hydrogens is 264 g/mol. The lowest BCUT2D eigenvalue weighted by molar-refractivity contribution is -0.121. The summed E-state index contributed by atoms with van der Waals surface area (Å²) in [6.07, 6.45) is 2.50. The van der Waals surface area contributed by atoms with Gasteiger partial charge in [0.2, 0.25) is 5.91 Å². The lowest BCUT2D eigenvalue weighted by Crippen LogP contribution is -2.41. The van der Waals surface area contributed by atoms with Gasteiger partial charge in [-0.15, -0.1) is 0 Å². The first-order valence-corrected chi connectivity index (χ1v) is 7.76. The van der Waals surface area contributed by atoms with E-state index in [1.54, 1.807) is 0 Å². The normalized spacial score (nSPS) is 19.4. The van der Waals surface area contributed by atoms with Crippen LogP contribution in [0.15, 0.2) is 24.3 Å². The highest BCUT2D eigenvalue weighted by Crippen LogP contribution is 2.09. The van der Waals surface area contributed by atoms with Gasteiger partial charge in [0, 0.05) is 26.1 Å². The van der Waals surface area contributed by atoms with Crippen LogP contribution in [0.1, 0.15) is 24.0 Å². The Hall–Kier alpha value is -1.39. The van der Waals surface area contributed by atoms with E-state index in [0.717, 1.165) is 32.5 Å². The fourth-order valence-electron chi connectivity index (χ4n) is 2.64. The molecule has 0 aliphatic carbocycles. The van der Waals surface area contributed by atoms with Crippen molar-refractivity contribution in [3.05, 3.63) is 35.4 Å². The van der Waals surface area contributed by atoms with Gasteiger partial charge in [-0.2, -0.15) is 0 Å². The molecule has 1 aromatic rings. The lowest BCUT2D eigenvalue weighted by Gasteiger charge is -2.30. The molecule has 1 atom stereocenters. The van der Waals surface area contributed by atoms with Crippen LogP contribution in [0.2, 0.25) is 0 Å². The monoisotopic (exact) mass is 290 g/mol. The van der Waals surface area contributed by atoms with Crippen LogP contribution in [0, 0.1) is 6.92 Å². The number of rotatable bonds is 6. The number of nitrogens with zero attached hydrogens (tertiary/aromatic N) is 1. The van der Waals surface area contributed by atoms with Gasteiger partial charge in [0.25, 0.3) is 0 Å². The smallest absolute Gasteiger partial charge is 0.220 e. The fraction of sp³-hybridized carbons (Fsp3) is 0.588. The Kier molecular flexibility index (Phi) is 6.21. The van der Waals surface area contributed by atoms with E-state index >= 15 is 0 Å². The molecule has 0 unspecified atom stereocenters. The van der Waals surface area contributed by atoms with Crippen molar-refractivity contribution in [3.63, 3.8) is 0 Å². The van der Waals surface area contributed by atoms with E-state index in [0.29, 0.717) is 13.0 Å². The second-order valence-corrected chi connectivity index (χ2v) is 5.82. The van der Waals surface area contributed by atoms with Gasteiger partial charge < -0.3 is 15.0 Å². The molecule has 4 heteroatoms. The highest BCUT2D eigenvalue weighted by Gasteiger charge is 2.17. The Morgan fingerprint density at radius 2 is 2.24 bits per heavy atom. The van der Waals surface area contributed by atoms with Crippen LogP contribution in [0.5, 0.6) is 0 Å². The average molecular weight is 290 g/mol. The topological polar surface area (TPSA) is 41.6 Å². The average Bonchev–Trinajstić information content (AvgIpc) is 2.46. The van der Waals surface area contributed by atoms with Crippen molar-refractivity contribution >= 4 is 5.91 Å². The molecule has 116 valence electrons. The summed E-state index contributed by atoms with van der Waals surface area (Å²) in [7, 11) is 2.11. The number of benzene rings is 1. The van der Waals surface area contributed by atoms with Crippen molar-refractivity contribution in [1.29, 1.82) is 0 Å². The maximum Gasteiger partial charge on any atom is 0.220 e. The van der Waals surface area contributed by atoms with Crippen LogP contribution in [-0.2, 0) is 16.0 Å². The number of aryl methyl sites for hydroxylation is 2. The molecule has 2 rings (SSSR count). The van der Waals surface area contributed by atoms with Crippen molar-refractivity contribution in [2.75, 3.05) is 33.3 Å². The molecule has 1 N–H and O–H groups in total. The van der Waals surface area contributed by atoms with Crippen molar-refractivity contribution in [2.45, 2.75) is 32.3 Å². The molecule has 1 aliphatic heterocycles. The van der Waals surface area contributed by atoms with Gasteiger partial charge in [0.1, 0.15) is 0 Å². The summed E-state index contributed by atoms with van der Waals surface area (Å²) < 4.78 is 5.68. The molecule has 1 amide bonds. The number of carbonyl (C=O) groups is 1. The molecule has 4 nitrogen and oxygen atoms in total. The predicted molar refractivity (Wildman–Crippen MR) is 84.4 cm³/mol. The summed E-state index contributed by atoms with van der Waals surface area (Å²) in [5.74, 6) is 0.127. The highest BCUT2D eigenvalue weighted by molar-refractivity contribution is 5.76. The number of ether oxygens (including phenoxy) is 1. The molecule has 0 saturated carbocycles. The number of carbonyl (C=O) groups excluding carboxylic acids is 1. The van der Waals surface area contributed by atoms with Gasteiger partial charge in [-0.3, -0.25) is 4.79 Å². The van der Waals surface area contributed by atoms with Gasteiger partial charge in [0.05, 0.1) is 12.7 Å². The molecule has 1 saturated heterocycles. The molecule has 0 spiro atoms. The number of morpholine rings is 1. The highest BCUT2D eigenvalue weighted by atomic mass is 16.5. The first-order chi connectivity index (χ1) is 10.1. The van der Waals surface area contributed by atoms with Crippen LogP contribution < -0.4 is 5.32 Å². The minimum atomic E-state index is 0.127. The molecule has 0 radical (unpaired) electrons. The first-order valence-electron chi connectivity index (χ1n) is 7.76. The van der Waals surface area contributed by atoms with Gasteiger partial charge in [-0.25, -0.2) is 0 Å². The van der Waals surface area contributed by atoms with Crippen molar-refractivity contribution < 1.29 is 9.53 Å². The van der Waals surface area contributed by atoms with Crippen LogP contribution in [0.4, 0.5) is 0 Å². The van der Waals surface area contributed by atoms with E-state index in [2.05, 4.69) is 36.3 Å². The van der Waals surface area contributed by atoms with Gasteiger partial charge >= 0.3 is 0 Å². The summed E-state index contributed by atoms with van der Waals surface area (Å²) in [5, 5.41) is 3.00. The standard InChI is InChI=1S/C17H26N2O2/c1-14-5-3-4-6-15(14)7-8-17(20)18-10-9-16-13-19(2)11-12-21-16/h3-6,16H,7-13H2,1-2H3,(H,18,20)/t16-/m1/s1. The van der Waals surface area contributed by atoms with E-state index in [9.17, 15) is 4.79 Å². The van der Waals surface area contributed by atoms with Gasteiger partial charge in [0.15, 0.2) is 0 Å². The molecule has 1 heterocycles. The molecule has 0 aromatic heterocycles. The van der Waals surface area contributed by atoms with Gasteiger partial charge in [-0.05, 0) is 37.9 Å². The SMILES string of the molecule is Cc1ccccc1CCC(=O)NCC[C@@H]1CN(C)CCO1. The number of hydrogen-bond acceptors (Lipinski definition) is 3. The van der Waals surface area contributed by atoms with E-state index in [1.165, 1.54) is 11.1 Å². The minimum absolute atomic E-state index is 0.127. The maximum absolute atomic E-state index is 11.9. The number of amides is 1. The lowest BCUT2D eigenvalue weighted by atomic mass is 10.0. The van der Waals surface area contributed by atoms with Crippen molar-refractivity contribution in [1.82, 2.24) is 10.2 Å². The van der Waals surface area contributed by atoms with E-state index < -0.39 is 0 Å². The van der Waals surface area contributed by atoms with E-state index in [-0.39, 0.29) is 12.0 Å². The molecule has 1 aromatic carbocycles. The second-order valence-electron chi connectivity index (χ2n) is 5.82. The van der Waals surface area contributed by atoms with Gasteiger partial charge in [-0.1, -0.05) is 24.3 Å². The maximum atomic E-state index is 11.9. The zero-order valence-electron chi connectivity index (χ0n) is 13.1. The Balaban J connectivity index is 1.62. The Morgan fingerprint density at radius 3 is 3.00 bits per heavy atom. The summed E-state index contributed by atoms with van der Waals surface area (Å²) in [5.41, 5.74) is 2.51. The number of nitrogens with one attached hydrogen (secondary N) is 1. The number of likely N-dealkylation sites (N-methyl/N-ethyl adjacent to an activating group) is 1. The van der Waals surface area contributed by atoms with E-state index in [1.807, 2.05) is 12.1 Å². The largest absolute Gasteiger partial charge is 0.375 e. The molecular formula is C17H26N2O2. The zero-order chi connectivity index (χ0) is 15.1. The summed E-state index contributed by atoms with van der Waals surface area (Å²) in [6.45, 7) is 5.54. The van der Waals surface area contributed by atoms with Crippen LogP contribution >= 0.6 is 0 Å². The minimum Gasteiger partial charge on any atom is -0.375 e. The van der Waals surface area contributed by atoms with Crippen molar-refractivity contribution in [2.24, 2.45) is 0 Å². The Bertz CT molecular complexity index is 462. The summed E-state index contributed by atoms with van der Waals surface area (Å²) in [6, 6.07) is 8.23. The van der Waals surface area contributed by atoms with E-state index in [4.69, 9.17) is 4.74 Å². The predicted octanol–water partition coefficient (Wildman–Crippen LogP) is 1.76. The van der Waals surface area contributed by atoms with Crippen molar-refractivity contribution in [3.8, 4) is 0 Å². The second kappa shape index (κ2) is 8.15. The summed E-state index contributed by atoms with van der Waals surface area (Å²) in [4.78, 5) is 14.1. The molecule has 0 bridgehead atoms. The third-order valence-corrected chi connectivity index (χ3v) is 4.01. The Labute approximate surface area is 127 Å². The quantitative estimate of drug-likeness (QED) is 0.868. The summed E-state index contributed by atoms with van der Waals surface area (Å²) >= 11 is 0. The molecule has 1 fully saturated rings. The third kappa shape index (κ3) is 5.48. The first kappa shape index (κ1) is 16.0. The zero-order valence-corrected chi connectivity index (χ0v) is 13.1. The Morgan fingerprint density at radius 1 is 1.43 bits per heavy atom. The number of hydrogen-bond donors (Lipinski definition) is 1. The molecule has 21 heavy (non-hydrogen) atoms. The molecule has 1 aliphatic rings. The fourth-order valence-corrected chi connectivity index (χ4v) is 2.64. The van der Waals surface area contributed by atoms with Crippen LogP contribution in [0.3, 0.4) is 0 Å².